The Labute approximate surface area is 165 Å². The summed E-state index contributed by atoms with van der Waals surface area (Å²) in [7, 11) is 0. The van der Waals surface area contributed by atoms with Crippen molar-refractivity contribution in [1.29, 1.82) is 0 Å². The van der Waals surface area contributed by atoms with Crippen LogP contribution in [0.4, 0.5) is 0 Å². The highest BCUT2D eigenvalue weighted by Crippen LogP contribution is 2.21. The maximum atomic E-state index is 6.23. The fourth-order valence-electron chi connectivity index (χ4n) is 3.33. The summed E-state index contributed by atoms with van der Waals surface area (Å²) >= 11 is 6.23. The van der Waals surface area contributed by atoms with Crippen LogP contribution in [-0.4, -0.2) is 39.1 Å². The maximum absolute atomic E-state index is 6.23. The second-order valence-electron chi connectivity index (χ2n) is 6.63. The number of aryl methyl sites for hydroxylation is 3. The lowest BCUT2D eigenvalue weighted by Gasteiger charge is -2.01. The number of para-hydroxylation sites is 1. The van der Waals surface area contributed by atoms with Crippen molar-refractivity contribution in [2.75, 3.05) is 0 Å². The molecule has 0 amide bonds. The van der Waals surface area contributed by atoms with Gasteiger partial charge in [-0.3, -0.25) is 4.68 Å². The summed E-state index contributed by atoms with van der Waals surface area (Å²) in [6, 6.07) is 9.91. The molecule has 1 aromatic carbocycles. The maximum Gasteiger partial charge on any atom is 0.170 e. The van der Waals surface area contributed by atoms with Crippen molar-refractivity contribution >= 4 is 28.3 Å². The number of fused-ring (bicyclic) bond motifs is 3. The molecule has 0 aliphatic rings. The Kier molecular flexibility index (Phi) is 3.87. The zero-order valence-electron chi connectivity index (χ0n) is 15.4. The van der Waals surface area contributed by atoms with Gasteiger partial charge in [0.2, 0.25) is 0 Å². The molecule has 5 aromatic rings. The molecule has 140 valence electrons. The first-order chi connectivity index (χ1) is 13.6. The third kappa shape index (κ3) is 2.65. The molecule has 28 heavy (non-hydrogen) atoms. The van der Waals surface area contributed by atoms with E-state index in [0.29, 0.717) is 18.0 Å². The highest BCUT2D eigenvalue weighted by molar-refractivity contribution is 6.31. The Morgan fingerprint density at radius 2 is 1.86 bits per heavy atom. The van der Waals surface area contributed by atoms with E-state index in [4.69, 9.17) is 16.6 Å². The summed E-state index contributed by atoms with van der Waals surface area (Å²) in [5, 5.41) is 15.1. The second kappa shape index (κ2) is 6.42. The van der Waals surface area contributed by atoms with Crippen LogP contribution in [0, 0.1) is 13.8 Å². The molecule has 0 fully saturated rings. The van der Waals surface area contributed by atoms with Crippen molar-refractivity contribution in [3.63, 3.8) is 0 Å². The second-order valence-corrected chi connectivity index (χ2v) is 7.01. The van der Waals surface area contributed by atoms with Gasteiger partial charge < -0.3 is 0 Å². The Morgan fingerprint density at radius 1 is 1.04 bits per heavy atom. The highest BCUT2D eigenvalue weighted by atomic mass is 35.5. The minimum absolute atomic E-state index is 0.647. The quantitative estimate of drug-likeness (QED) is 0.469. The summed E-state index contributed by atoms with van der Waals surface area (Å²) in [5.74, 6) is 0.727. The number of benzene rings is 1. The molecule has 4 heterocycles. The largest absolute Gasteiger partial charge is 0.268 e. The molecule has 0 unspecified atom stereocenters. The van der Waals surface area contributed by atoms with Crippen LogP contribution >= 0.6 is 11.6 Å². The molecule has 0 saturated carbocycles. The van der Waals surface area contributed by atoms with E-state index >= 15 is 0 Å². The van der Waals surface area contributed by atoms with Gasteiger partial charge in [-0.25, -0.2) is 19.2 Å². The van der Waals surface area contributed by atoms with Crippen LogP contribution in [0.5, 0.6) is 0 Å². The highest BCUT2D eigenvalue weighted by Gasteiger charge is 2.14. The van der Waals surface area contributed by atoms with Gasteiger partial charge in [0.15, 0.2) is 17.1 Å². The zero-order chi connectivity index (χ0) is 19.3. The van der Waals surface area contributed by atoms with Crippen LogP contribution < -0.4 is 0 Å². The molecule has 0 bridgehead atoms. The van der Waals surface area contributed by atoms with E-state index in [0.717, 1.165) is 39.6 Å². The lowest BCUT2D eigenvalue weighted by molar-refractivity contribution is 0.581. The van der Waals surface area contributed by atoms with Gasteiger partial charge >= 0.3 is 0 Å². The van der Waals surface area contributed by atoms with Gasteiger partial charge in [-0.05, 0) is 26.0 Å². The molecule has 4 aromatic heterocycles. The van der Waals surface area contributed by atoms with Crippen molar-refractivity contribution < 1.29 is 0 Å². The average Bonchev–Trinajstić information content (AvgIpc) is 3.39. The number of halogens is 1. The monoisotopic (exact) mass is 392 g/mol. The van der Waals surface area contributed by atoms with Crippen LogP contribution in [0.15, 0.2) is 42.9 Å². The molecular formula is C19H17ClN8. The number of rotatable bonds is 4. The fraction of sp³-hybridized carbons (Fsp3) is 0.211. The Hall–Kier alpha value is -3.26. The van der Waals surface area contributed by atoms with Crippen LogP contribution in [0.2, 0.25) is 5.02 Å². The molecule has 5 rings (SSSR count). The van der Waals surface area contributed by atoms with Gasteiger partial charge in [0.25, 0.3) is 0 Å². The molecule has 0 aliphatic carbocycles. The number of aromatic nitrogens is 8. The zero-order valence-corrected chi connectivity index (χ0v) is 16.2. The van der Waals surface area contributed by atoms with E-state index in [9.17, 15) is 0 Å². The van der Waals surface area contributed by atoms with Gasteiger partial charge in [-0.2, -0.15) is 10.2 Å². The minimum Gasteiger partial charge on any atom is -0.268 e. The first kappa shape index (κ1) is 16.9. The number of hydrogen-bond donors (Lipinski definition) is 0. The minimum atomic E-state index is 0.647. The summed E-state index contributed by atoms with van der Waals surface area (Å²) < 4.78 is 5.40. The summed E-state index contributed by atoms with van der Waals surface area (Å²) in [6.07, 6.45) is 4.10. The SMILES string of the molecule is Cc1nn(CCc2nc3c4cnn(-c5ccccc5)c4ncn3n2)c(C)c1Cl. The molecule has 0 radical (unpaired) electrons. The Bertz CT molecular complexity index is 1300. The standard InChI is InChI=1S/C19H17ClN8/c1-12-17(20)13(2)26(24-12)9-8-16-23-19-15-10-22-28(14-6-4-3-5-7-14)18(15)21-11-27(19)25-16/h3-7,10-11H,8-9H2,1-2H3. The van der Waals surface area contributed by atoms with Crippen LogP contribution in [0.3, 0.4) is 0 Å². The van der Waals surface area contributed by atoms with Gasteiger partial charge in [-0.1, -0.05) is 29.8 Å². The van der Waals surface area contributed by atoms with E-state index in [1.54, 1.807) is 17.0 Å². The lowest BCUT2D eigenvalue weighted by Crippen LogP contribution is -2.06. The third-order valence-electron chi connectivity index (χ3n) is 4.79. The van der Waals surface area contributed by atoms with Crippen molar-refractivity contribution in [3.05, 3.63) is 65.1 Å². The van der Waals surface area contributed by atoms with E-state index in [1.165, 1.54) is 0 Å². The summed E-state index contributed by atoms with van der Waals surface area (Å²) in [6.45, 7) is 4.53. The summed E-state index contributed by atoms with van der Waals surface area (Å²) in [4.78, 5) is 9.24. The predicted molar refractivity (Wildman–Crippen MR) is 106 cm³/mol. The smallest absolute Gasteiger partial charge is 0.170 e. The molecule has 0 saturated heterocycles. The molecule has 8 nitrogen and oxygen atoms in total. The normalized spacial score (nSPS) is 11.7. The molecule has 0 atom stereocenters. The van der Waals surface area contributed by atoms with Crippen molar-refractivity contribution in [2.24, 2.45) is 0 Å². The van der Waals surface area contributed by atoms with Crippen LogP contribution in [0.25, 0.3) is 22.4 Å². The predicted octanol–water partition coefficient (Wildman–Crippen LogP) is 3.17. The number of hydrogen-bond acceptors (Lipinski definition) is 5. The molecule has 0 aliphatic heterocycles. The number of nitrogens with zero attached hydrogens (tertiary/aromatic N) is 8. The van der Waals surface area contributed by atoms with Gasteiger partial charge in [0.1, 0.15) is 6.33 Å². The van der Waals surface area contributed by atoms with Crippen LogP contribution in [0.1, 0.15) is 17.2 Å². The first-order valence-corrected chi connectivity index (χ1v) is 9.32. The van der Waals surface area contributed by atoms with Gasteiger partial charge in [-0.15, -0.1) is 5.10 Å². The van der Waals surface area contributed by atoms with Gasteiger partial charge in [0, 0.05) is 13.0 Å². The molecule has 0 N–H and O–H groups in total. The molecule has 0 spiro atoms. The summed E-state index contributed by atoms with van der Waals surface area (Å²) in [5.41, 5.74) is 4.24. The molecular weight excluding hydrogens is 376 g/mol. The van der Waals surface area contributed by atoms with E-state index < -0.39 is 0 Å². The van der Waals surface area contributed by atoms with E-state index in [2.05, 4.69) is 20.3 Å². The van der Waals surface area contributed by atoms with E-state index in [1.807, 2.05) is 53.5 Å². The first-order valence-electron chi connectivity index (χ1n) is 8.95. The van der Waals surface area contributed by atoms with Crippen molar-refractivity contribution in [1.82, 2.24) is 39.1 Å². The fourth-order valence-corrected chi connectivity index (χ4v) is 3.46. The van der Waals surface area contributed by atoms with Crippen LogP contribution in [-0.2, 0) is 13.0 Å². The van der Waals surface area contributed by atoms with E-state index in [-0.39, 0.29) is 0 Å². The Balaban J connectivity index is 1.50. The topological polar surface area (TPSA) is 78.7 Å². The lowest BCUT2D eigenvalue weighted by atomic mass is 10.3. The van der Waals surface area contributed by atoms with Gasteiger partial charge in [0.05, 0.1) is 33.7 Å². The molecule has 9 heteroatoms. The van der Waals surface area contributed by atoms with Crippen molar-refractivity contribution in [2.45, 2.75) is 26.8 Å². The third-order valence-corrected chi connectivity index (χ3v) is 5.34. The van der Waals surface area contributed by atoms with Crippen molar-refractivity contribution in [3.8, 4) is 5.69 Å². The average molecular weight is 393 g/mol. The Morgan fingerprint density at radius 3 is 2.61 bits per heavy atom.